The molecule has 0 saturated heterocycles. The minimum atomic E-state index is -4.85. The highest BCUT2D eigenvalue weighted by molar-refractivity contribution is 7.92. The minimum Gasteiger partial charge on any atom is -0.363 e. The highest BCUT2D eigenvalue weighted by atomic mass is 35.5. The van der Waals surface area contributed by atoms with Crippen molar-refractivity contribution in [1.29, 1.82) is 0 Å². The first kappa shape index (κ1) is 26.0. The van der Waals surface area contributed by atoms with Crippen LogP contribution in [0, 0.1) is 0 Å². The summed E-state index contributed by atoms with van der Waals surface area (Å²) in [5, 5.41) is 0.250. The van der Waals surface area contributed by atoms with E-state index in [2.05, 4.69) is 19.7 Å². The van der Waals surface area contributed by atoms with E-state index in [0.717, 1.165) is 23.0 Å². The molecule has 0 bridgehead atoms. The molecule has 0 aliphatic carbocycles. The smallest absolute Gasteiger partial charge is 0.363 e. The van der Waals surface area contributed by atoms with Gasteiger partial charge in [-0.2, -0.15) is 13.2 Å². The van der Waals surface area contributed by atoms with Gasteiger partial charge in [0.15, 0.2) is 0 Å². The molecule has 2 aromatic heterocycles. The molecule has 4 rings (SSSR count). The van der Waals surface area contributed by atoms with Crippen LogP contribution in [0.2, 0.25) is 10.0 Å². The maximum absolute atomic E-state index is 13.3. The van der Waals surface area contributed by atoms with Crippen molar-refractivity contribution in [2.75, 3.05) is 18.6 Å². The highest BCUT2D eigenvalue weighted by Gasteiger charge is 2.34. The first-order chi connectivity index (χ1) is 17.0. The molecule has 0 unspecified atom stereocenters. The van der Waals surface area contributed by atoms with Crippen LogP contribution >= 0.6 is 23.2 Å². The van der Waals surface area contributed by atoms with Gasteiger partial charge in [0.2, 0.25) is 0 Å². The number of halogens is 5. The zero-order valence-corrected chi connectivity index (χ0v) is 20.7. The van der Waals surface area contributed by atoms with E-state index >= 15 is 0 Å². The predicted octanol–water partition coefficient (Wildman–Crippen LogP) is 6.13. The lowest BCUT2D eigenvalue weighted by Gasteiger charge is -2.16. The predicted molar refractivity (Wildman–Crippen MR) is 132 cm³/mol. The topological polar surface area (TPSA) is 96.4 Å². The summed E-state index contributed by atoms with van der Waals surface area (Å²) in [6.45, 7) is -0.0707. The molecule has 0 fully saturated rings. The first-order valence-electron chi connectivity index (χ1n) is 10.2. The lowest BCUT2D eigenvalue weighted by Crippen LogP contribution is -2.18. The number of fused-ring (bicyclic) bond motifs is 1. The molecule has 0 amide bonds. The van der Waals surface area contributed by atoms with Crippen molar-refractivity contribution >= 4 is 55.5 Å². The minimum absolute atomic E-state index is 0.0707. The van der Waals surface area contributed by atoms with Gasteiger partial charge >= 0.3 is 6.18 Å². The normalized spacial score (nSPS) is 12.8. The van der Waals surface area contributed by atoms with Gasteiger partial charge in [-0.3, -0.25) is 14.7 Å². The summed E-state index contributed by atoms with van der Waals surface area (Å²) in [5.74, 6) is 0. The summed E-state index contributed by atoms with van der Waals surface area (Å²) >= 11 is 11.7. The van der Waals surface area contributed by atoms with Crippen molar-refractivity contribution < 1.29 is 26.3 Å². The van der Waals surface area contributed by atoms with Gasteiger partial charge in [0.05, 0.1) is 31.9 Å². The molecule has 0 radical (unpaired) electrons. The van der Waals surface area contributed by atoms with E-state index in [1.807, 2.05) is 12.1 Å². The quantitative estimate of drug-likeness (QED) is 0.267. The molecule has 2 heterocycles. The van der Waals surface area contributed by atoms with Crippen LogP contribution in [0.25, 0.3) is 10.9 Å². The number of hydrogen-bond donors (Lipinski definition) is 2. The Morgan fingerprint density at radius 2 is 1.94 bits per heavy atom. The van der Waals surface area contributed by atoms with Crippen LogP contribution in [0.4, 0.5) is 18.9 Å². The van der Waals surface area contributed by atoms with E-state index in [9.17, 15) is 21.6 Å². The number of nitrogens with one attached hydrogen (secondary N) is 2. The number of H-pyrrole nitrogens is 1. The average molecular weight is 557 g/mol. The van der Waals surface area contributed by atoms with E-state index in [1.54, 1.807) is 18.3 Å². The number of nitrogens with zero attached hydrogens (tertiary/aromatic N) is 2. The Morgan fingerprint density at radius 1 is 1.17 bits per heavy atom. The lowest BCUT2D eigenvalue weighted by atomic mass is 10.0. The van der Waals surface area contributed by atoms with Crippen molar-refractivity contribution in [1.82, 2.24) is 9.97 Å². The van der Waals surface area contributed by atoms with Crippen LogP contribution in [-0.4, -0.2) is 37.9 Å². The fraction of sp³-hybridized carbons (Fsp3) is 0.130. The molecule has 0 aliphatic rings. The fourth-order valence-corrected chi connectivity index (χ4v) is 4.97. The van der Waals surface area contributed by atoms with E-state index in [1.165, 1.54) is 19.4 Å². The van der Waals surface area contributed by atoms with Gasteiger partial charge in [0, 0.05) is 36.0 Å². The van der Waals surface area contributed by atoms with Gasteiger partial charge in [0.1, 0.15) is 12.4 Å². The number of pyridine rings is 1. The number of ether oxygens (including phenoxy) is 1. The van der Waals surface area contributed by atoms with Gasteiger partial charge in [-0.1, -0.05) is 35.3 Å². The number of aromatic amines is 1. The van der Waals surface area contributed by atoms with Gasteiger partial charge in [-0.05, 0) is 36.4 Å². The third-order valence-corrected chi connectivity index (χ3v) is 6.98. The monoisotopic (exact) mass is 556 g/mol. The molecule has 0 atom stereocenters. The van der Waals surface area contributed by atoms with Crippen molar-refractivity contribution in [2.24, 2.45) is 4.99 Å². The lowest BCUT2D eigenvalue weighted by molar-refractivity contribution is -0.137. The number of anilines is 1. The van der Waals surface area contributed by atoms with Gasteiger partial charge in [0.25, 0.3) is 10.0 Å². The second-order valence-corrected chi connectivity index (χ2v) is 9.99. The summed E-state index contributed by atoms with van der Waals surface area (Å²) in [6, 6.07) is 10.8. The first-order valence-corrected chi connectivity index (χ1v) is 12.4. The molecule has 36 heavy (non-hydrogen) atoms. The van der Waals surface area contributed by atoms with Crippen molar-refractivity contribution in [3.63, 3.8) is 0 Å². The molecule has 2 N–H and O–H groups in total. The second kappa shape index (κ2) is 10.1. The summed E-state index contributed by atoms with van der Waals surface area (Å²) in [5.41, 5.74) is 0.426. The number of hydrogen-bond acceptors (Lipinski definition) is 5. The Morgan fingerprint density at radius 3 is 2.67 bits per heavy atom. The Bertz CT molecular complexity index is 1570. The summed E-state index contributed by atoms with van der Waals surface area (Å²) in [4.78, 5) is 11.2. The summed E-state index contributed by atoms with van der Waals surface area (Å²) < 4.78 is 73.6. The maximum Gasteiger partial charge on any atom is 0.417 e. The zero-order chi connectivity index (χ0) is 26.1. The third-order valence-electron chi connectivity index (χ3n) is 5.08. The Labute approximate surface area is 214 Å². The SMILES string of the molecule is COCN=C(c1ncc(Cl)cc1NS(=O)(=O)c1ccc(Cl)c(C(F)(F)F)c1)c1cccc2[nH]ccc12. The largest absolute Gasteiger partial charge is 0.417 e. The molecule has 13 heteroatoms. The molecule has 2 aromatic carbocycles. The Hall–Kier alpha value is -3.12. The maximum atomic E-state index is 13.3. The van der Waals surface area contributed by atoms with Gasteiger partial charge in [-0.25, -0.2) is 8.42 Å². The highest BCUT2D eigenvalue weighted by Crippen LogP contribution is 2.36. The molecule has 0 aliphatic heterocycles. The Kier molecular flexibility index (Phi) is 7.28. The van der Waals surface area contributed by atoms with Crippen molar-refractivity contribution in [3.8, 4) is 0 Å². The van der Waals surface area contributed by atoms with Crippen molar-refractivity contribution in [3.05, 3.63) is 87.8 Å². The van der Waals surface area contributed by atoms with Crippen LogP contribution in [0.3, 0.4) is 0 Å². The summed E-state index contributed by atoms with van der Waals surface area (Å²) in [7, 11) is -3.08. The number of aromatic nitrogens is 2. The Balaban J connectivity index is 1.84. The molecule has 188 valence electrons. The van der Waals surface area contributed by atoms with E-state index in [4.69, 9.17) is 27.9 Å². The fourth-order valence-electron chi connectivity index (χ4n) is 3.51. The van der Waals surface area contributed by atoms with E-state index < -0.39 is 31.7 Å². The number of alkyl halides is 3. The molecular weight excluding hydrogens is 540 g/mol. The van der Waals surface area contributed by atoms with Crippen LogP contribution in [0.15, 0.2) is 70.8 Å². The number of methoxy groups -OCH3 is 1. The number of benzene rings is 2. The molecule has 4 aromatic rings. The zero-order valence-electron chi connectivity index (χ0n) is 18.4. The number of rotatable bonds is 7. The van der Waals surface area contributed by atoms with Crippen molar-refractivity contribution in [2.45, 2.75) is 11.1 Å². The molecule has 0 saturated carbocycles. The van der Waals surface area contributed by atoms with Crippen LogP contribution in [-0.2, 0) is 20.9 Å². The molecular formula is C23H17Cl2F3N4O3S. The second-order valence-electron chi connectivity index (χ2n) is 7.46. The number of sulfonamides is 1. The van der Waals surface area contributed by atoms with E-state index in [-0.39, 0.29) is 28.8 Å². The molecule has 0 spiro atoms. The third kappa shape index (κ3) is 5.34. The van der Waals surface area contributed by atoms with Crippen LogP contribution in [0.5, 0.6) is 0 Å². The average Bonchev–Trinajstić information content (AvgIpc) is 3.29. The standard InChI is InChI=1S/C23H17Cl2F3N4O3S/c1-35-12-31-21(16-3-2-4-19-15(16)7-8-29-19)22-20(9-13(24)11-30-22)32-36(33,34)14-5-6-18(25)17(10-14)23(26,27)28/h2-11,29,32H,12H2,1H3. The van der Waals surface area contributed by atoms with Gasteiger partial charge < -0.3 is 9.72 Å². The number of aliphatic imine (C=N–C) groups is 1. The van der Waals surface area contributed by atoms with Crippen LogP contribution in [0.1, 0.15) is 16.8 Å². The van der Waals surface area contributed by atoms with Gasteiger partial charge in [-0.15, -0.1) is 0 Å². The van der Waals surface area contributed by atoms with Crippen LogP contribution < -0.4 is 4.72 Å². The van der Waals surface area contributed by atoms with E-state index in [0.29, 0.717) is 11.6 Å². The molecule has 7 nitrogen and oxygen atoms in total. The summed E-state index contributed by atoms with van der Waals surface area (Å²) in [6.07, 6.45) is -1.81.